The van der Waals surface area contributed by atoms with E-state index in [4.69, 9.17) is 11.6 Å². The number of amides is 1. The Morgan fingerprint density at radius 2 is 2.00 bits per heavy atom. The van der Waals surface area contributed by atoms with Crippen molar-refractivity contribution < 1.29 is 4.79 Å². The Bertz CT molecular complexity index is 511. The van der Waals surface area contributed by atoms with E-state index < -0.39 is 0 Å². The average Bonchev–Trinajstić information content (AvgIpc) is 2.56. The number of nitrogens with zero attached hydrogens (tertiary/aromatic N) is 2. The highest BCUT2D eigenvalue weighted by atomic mass is 35.5. The van der Waals surface area contributed by atoms with E-state index in [0.717, 1.165) is 24.6 Å². The van der Waals surface area contributed by atoms with Crippen molar-refractivity contribution in [2.75, 3.05) is 19.6 Å². The van der Waals surface area contributed by atoms with Crippen molar-refractivity contribution in [2.24, 2.45) is 5.92 Å². The van der Waals surface area contributed by atoms with Crippen molar-refractivity contribution in [3.8, 4) is 0 Å². The van der Waals surface area contributed by atoms with E-state index in [1.165, 1.54) is 19.4 Å². The normalized spacial score (nSPS) is 35.7. The molecule has 4 atom stereocenters. The van der Waals surface area contributed by atoms with Gasteiger partial charge < -0.3 is 4.90 Å². The Balaban J connectivity index is 1.63. The Hall–Kier alpha value is -1.06. The van der Waals surface area contributed by atoms with Crippen LogP contribution in [0.15, 0.2) is 24.3 Å². The molecule has 3 aliphatic rings. The SMILES string of the molecule is O=C(c1ccc(Cl)cc1)N1C2CC3CCN(C2)CC31. The number of piperidine rings is 1. The van der Waals surface area contributed by atoms with E-state index in [1.54, 1.807) is 12.1 Å². The van der Waals surface area contributed by atoms with Gasteiger partial charge in [0.25, 0.3) is 5.91 Å². The minimum Gasteiger partial charge on any atom is -0.330 e. The maximum atomic E-state index is 12.7. The summed E-state index contributed by atoms with van der Waals surface area (Å²) in [4.78, 5) is 17.4. The Morgan fingerprint density at radius 1 is 1.21 bits per heavy atom. The topological polar surface area (TPSA) is 23.6 Å². The van der Waals surface area contributed by atoms with E-state index in [9.17, 15) is 4.79 Å². The van der Waals surface area contributed by atoms with E-state index >= 15 is 0 Å². The van der Waals surface area contributed by atoms with Crippen LogP contribution in [0.5, 0.6) is 0 Å². The number of fused-ring (bicyclic) bond motifs is 2. The molecule has 0 aromatic heterocycles. The van der Waals surface area contributed by atoms with Gasteiger partial charge in [-0.2, -0.15) is 0 Å². The molecule has 0 spiro atoms. The van der Waals surface area contributed by atoms with Crippen molar-refractivity contribution in [2.45, 2.75) is 24.9 Å². The van der Waals surface area contributed by atoms with E-state index in [2.05, 4.69) is 9.80 Å². The van der Waals surface area contributed by atoms with Crippen LogP contribution in [-0.2, 0) is 0 Å². The smallest absolute Gasteiger partial charge is 0.254 e. The lowest BCUT2D eigenvalue weighted by Crippen LogP contribution is -2.58. The molecule has 4 heteroatoms. The lowest BCUT2D eigenvalue weighted by Gasteiger charge is -2.44. The Labute approximate surface area is 118 Å². The molecule has 0 N–H and O–H groups in total. The Morgan fingerprint density at radius 3 is 2.79 bits per heavy atom. The van der Waals surface area contributed by atoms with E-state index in [1.807, 2.05) is 12.1 Å². The number of hydrogen-bond acceptors (Lipinski definition) is 2. The minimum atomic E-state index is 0.190. The lowest BCUT2D eigenvalue weighted by molar-refractivity contribution is 0.0261. The highest BCUT2D eigenvalue weighted by Crippen LogP contribution is 2.41. The molecule has 0 radical (unpaired) electrons. The van der Waals surface area contributed by atoms with Crippen LogP contribution in [-0.4, -0.2) is 47.4 Å². The molecule has 4 unspecified atom stereocenters. The fourth-order valence-corrected chi connectivity index (χ4v) is 4.18. The van der Waals surface area contributed by atoms with Crippen LogP contribution in [0.1, 0.15) is 23.2 Å². The molecular formula is C15H17ClN2O. The molecule has 4 rings (SSSR count). The molecule has 3 nitrogen and oxygen atoms in total. The zero-order chi connectivity index (χ0) is 13.0. The molecule has 0 saturated carbocycles. The number of rotatable bonds is 1. The fraction of sp³-hybridized carbons (Fsp3) is 0.533. The zero-order valence-corrected chi connectivity index (χ0v) is 11.5. The predicted octanol–water partition coefficient (Wildman–Crippen LogP) is 2.26. The summed E-state index contributed by atoms with van der Waals surface area (Å²) >= 11 is 5.89. The molecule has 3 fully saturated rings. The first kappa shape index (κ1) is 11.7. The molecule has 1 aromatic rings. The summed E-state index contributed by atoms with van der Waals surface area (Å²) in [5.41, 5.74) is 0.772. The quantitative estimate of drug-likeness (QED) is 0.786. The average molecular weight is 277 g/mol. The number of carbonyl (C=O) groups excluding carboxylic acids is 1. The molecule has 1 aromatic carbocycles. The third-order valence-corrected chi connectivity index (χ3v) is 5.18. The van der Waals surface area contributed by atoms with Crippen molar-refractivity contribution >= 4 is 17.5 Å². The van der Waals surface area contributed by atoms with Crippen LogP contribution in [0, 0.1) is 5.92 Å². The van der Waals surface area contributed by atoms with E-state index in [-0.39, 0.29) is 5.91 Å². The van der Waals surface area contributed by atoms with Gasteiger partial charge in [0.2, 0.25) is 0 Å². The number of piperazine rings is 1. The summed E-state index contributed by atoms with van der Waals surface area (Å²) in [7, 11) is 0. The number of carbonyl (C=O) groups is 1. The van der Waals surface area contributed by atoms with Crippen LogP contribution in [0.2, 0.25) is 5.02 Å². The first-order valence-electron chi connectivity index (χ1n) is 7.03. The van der Waals surface area contributed by atoms with Crippen LogP contribution in [0.4, 0.5) is 0 Å². The second kappa shape index (κ2) is 4.22. The van der Waals surface area contributed by atoms with Crippen molar-refractivity contribution in [1.82, 2.24) is 9.80 Å². The third kappa shape index (κ3) is 1.79. The third-order valence-electron chi connectivity index (χ3n) is 4.93. The van der Waals surface area contributed by atoms with Gasteiger partial charge in [-0.25, -0.2) is 0 Å². The van der Waals surface area contributed by atoms with Gasteiger partial charge in [0.1, 0.15) is 0 Å². The number of hydrogen-bond donors (Lipinski definition) is 0. The van der Waals surface area contributed by atoms with Crippen LogP contribution >= 0.6 is 11.6 Å². The van der Waals surface area contributed by atoms with E-state index in [0.29, 0.717) is 17.1 Å². The first-order chi connectivity index (χ1) is 9.22. The predicted molar refractivity (Wildman–Crippen MR) is 74.4 cm³/mol. The highest BCUT2D eigenvalue weighted by molar-refractivity contribution is 6.30. The zero-order valence-electron chi connectivity index (χ0n) is 10.8. The van der Waals surface area contributed by atoms with Crippen LogP contribution in [0.3, 0.4) is 0 Å². The molecular weight excluding hydrogens is 260 g/mol. The molecule has 100 valence electrons. The molecule has 19 heavy (non-hydrogen) atoms. The summed E-state index contributed by atoms with van der Waals surface area (Å²) in [6.45, 7) is 3.35. The van der Waals surface area contributed by atoms with Gasteiger partial charge in [-0.1, -0.05) is 11.6 Å². The molecule has 3 aliphatic heterocycles. The summed E-state index contributed by atoms with van der Waals surface area (Å²) in [5, 5.41) is 0.684. The minimum absolute atomic E-state index is 0.190. The summed E-state index contributed by atoms with van der Waals surface area (Å²) < 4.78 is 0. The lowest BCUT2D eigenvalue weighted by atomic mass is 9.93. The van der Waals surface area contributed by atoms with Gasteiger partial charge in [-0.3, -0.25) is 9.69 Å². The van der Waals surface area contributed by atoms with Gasteiger partial charge in [0, 0.05) is 35.8 Å². The van der Waals surface area contributed by atoms with Crippen LogP contribution in [0.25, 0.3) is 0 Å². The van der Waals surface area contributed by atoms with Gasteiger partial charge in [-0.15, -0.1) is 0 Å². The first-order valence-corrected chi connectivity index (χ1v) is 7.41. The van der Waals surface area contributed by atoms with Gasteiger partial charge >= 0.3 is 0 Å². The number of benzene rings is 1. The highest BCUT2D eigenvalue weighted by Gasteiger charge is 2.50. The molecule has 3 bridgehead atoms. The Kier molecular flexibility index (Phi) is 2.61. The van der Waals surface area contributed by atoms with Gasteiger partial charge in [-0.05, 0) is 49.6 Å². The molecule has 0 aliphatic carbocycles. The van der Waals surface area contributed by atoms with Gasteiger partial charge in [0.05, 0.1) is 0 Å². The van der Waals surface area contributed by atoms with Gasteiger partial charge in [0.15, 0.2) is 0 Å². The molecule has 1 amide bonds. The second-order valence-corrected chi connectivity index (χ2v) is 6.42. The maximum Gasteiger partial charge on any atom is 0.254 e. The largest absolute Gasteiger partial charge is 0.330 e. The summed E-state index contributed by atoms with van der Waals surface area (Å²) in [6.07, 6.45) is 2.45. The van der Waals surface area contributed by atoms with Crippen LogP contribution < -0.4 is 0 Å². The van der Waals surface area contributed by atoms with Crippen molar-refractivity contribution in [3.05, 3.63) is 34.9 Å². The van der Waals surface area contributed by atoms with Crippen molar-refractivity contribution in [1.29, 1.82) is 0 Å². The molecule has 3 saturated heterocycles. The van der Waals surface area contributed by atoms with Crippen molar-refractivity contribution in [3.63, 3.8) is 0 Å². The summed E-state index contributed by atoms with van der Waals surface area (Å²) in [6, 6.07) is 8.16. The number of halogens is 1. The second-order valence-electron chi connectivity index (χ2n) is 5.98. The fourth-order valence-electron chi connectivity index (χ4n) is 4.05. The molecule has 3 heterocycles. The standard InChI is InChI=1S/C15H17ClN2O/c16-12-3-1-10(2-4-12)15(19)18-13-7-11-5-6-17(8-13)9-14(11)18/h1-4,11,13-14H,5-9H2. The maximum absolute atomic E-state index is 12.7. The monoisotopic (exact) mass is 276 g/mol. The summed E-state index contributed by atoms with van der Waals surface area (Å²) in [5.74, 6) is 0.913.